The molecule has 0 fully saturated rings. The van der Waals surface area contributed by atoms with Gasteiger partial charge in [-0.2, -0.15) is 9.12 Å². The molecule has 0 heterocycles. The molecule has 1 atom stereocenters. The van der Waals surface area contributed by atoms with Gasteiger partial charge in [-0.15, -0.1) is 0 Å². The number of rotatable bonds is 8. The summed E-state index contributed by atoms with van der Waals surface area (Å²) in [5, 5.41) is 0. The maximum absolute atomic E-state index is 12.1. The van der Waals surface area contributed by atoms with Crippen LogP contribution in [-0.2, 0) is 18.3 Å². The number of ether oxygens (including phenoxy) is 1. The second-order valence-corrected chi connectivity index (χ2v) is 6.03. The zero-order valence-electron chi connectivity index (χ0n) is 9.80. The fourth-order valence-electron chi connectivity index (χ4n) is 0.961. The molecule has 0 N–H and O–H groups in total. The molecule has 0 bridgehead atoms. The van der Waals surface area contributed by atoms with Gasteiger partial charge in [-0.3, -0.25) is 4.57 Å². The van der Waals surface area contributed by atoms with Crippen LogP contribution >= 0.6 is 16.7 Å². The van der Waals surface area contributed by atoms with E-state index in [1.165, 1.54) is 0 Å². The van der Waals surface area contributed by atoms with Crippen molar-refractivity contribution < 1.29 is 18.3 Å². The summed E-state index contributed by atoms with van der Waals surface area (Å²) < 4.78 is 27.8. The molecular formula is C8H20BO4P2. The third kappa shape index (κ3) is 8.42. The monoisotopic (exact) mass is 253 g/mol. The van der Waals surface area contributed by atoms with E-state index in [0.29, 0.717) is 6.51 Å². The zero-order valence-corrected chi connectivity index (χ0v) is 11.9. The van der Waals surface area contributed by atoms with Crippen LogP contribution < -0.4 is 0 Å². The number of hydrogen-bond donors (Lipinski definition) is 0. The van der Waals surface area contributed by atoms with Gasteiger partial charge in [0.15, 0.2) is 7.00 Å². The van der Waals surface area contributed by atoms with Crippen LogP contribution in [0.3, 0.4) is 0 Å². The van der Waals surface area contributed by atoms with Crippen LogP contribution in [0.2, 0.25) is 0 Å². The van der Waals surface area contributed by atoms with Gasteiger partial charge < -0.3 is 13.8 Å². The van der Waals surface area contributed by atoms with Gasteiger partial charge in [0, 0.05) is 6.51 Å². The Labute approximate surface area is 95.4 Å². The summed E-state index contributed by atoms with van der Waals surface area (Å²) in [4.78, 5) is 0. The van der Waals surface area contributed by atoms with Crippen LogP contribution in [0.5, 0.6) is 0 Å². The van der Waals surface area contributed by atoms with Gasteiger partial charge in [0.1, 0.15) is 6.35 Å². The van der Waals surface area contributed by atoms with Gasteiger partial charge in [-0.05, 0) is 27.7 Å². The molecular weight excluding hydrogens is 233 g/mol. The van der Waals surface area contributed by atoms with Crippen molar-refractivity contribution in [2.45, 2.75) is 39.9 Å². The van der Waals surface area contributed by atoms with Gasteiger partial charge in [0.25, 0.3) is 0 Å². The fourth-order valence-corrected chi connectivity index (χ4v) is 2.88. The van der Waals surface area contributed by atoms with Gasteiger partial charge >= 0.3 is 7.60 Å². The first-order chi connectivity index (χ1) is 6.89. The van der Waals surface area contributed by atoms with Gasteiger partial charge in [-0.25, -0.2) is 0 Å². The molecule has 0 aliphatic rings. The van der Waals surface area contributed by atoms with Crippen molar-refractivity contribution in [3.8, 4) is 0 Å². The lowest BCUT2D eigenvalue weighted by Crippen LogP contribution is -2.12. The predicted octanol–water partition coefficient (Wildman–Crippen LogP) is 2.46. The van der Waals surface area contributed by atoms with E-state index in [9.17, 15) is 4.57 Å². The average molecular weight is 253 g/mol. The molecule has 1 unspecified atom stereocenters. The molecule has 89 valence electrons. The highest BCUT2D eigenvalue weighted by molar-refractivity contribution is 7.55. The lowest BCUT2D eigenvalue weighted by atomic mass is 10.2. The van der Waals surface area contributed by atoms with Crippen molar-refractivity contribution in [3.63, 3.8) is 0 Å². The van der Waals surface area contributed by atoms with E-state index in [0.717, 1.165) is 0 Å². The third-order valence-corrected chi connectivity index (χ3v) is 3.38. The molecule has 0 aliphatic carbocycles. The molecule has 7 heteroatoms. The second kappa shape index (κ2) is 7.81. The van der Waals surface area contributed by atoms with E-state index in [1.54, 1.807) is 7.00 Å². The molecule has 4 nitrogen and oxygen atoms in total. The van der Waals surface area contributed by atoms with E-state index in [1.807, 2.05) is 27.7 Å². The molecule has 0 aromatic rings. The molecule has 0 spiro atoms. The maximum atomic E-state index is 12.1. The van der Waals surface area contributed by atoms with E-state index in [2.05, 4.69) is 9.12 Å². The quantitative estimate of drug-likeness (QED) is 0.378. The molecule has 0 saturated heterocycles. The summed E-state index contributed by atoms with van der Waals surface area (Å²) >= 11 is 0. The summed E-state index contributed by atoms with van der Waals surface area (Å²) in [5.74, 6) is 0. The Kier molecular flexibility index (Phi) is 8.12. The van der Waals surface area contributed by atoms with Crippen LogP contribution in [-0.4, -0.2) is 32.1 Å². The molecule has 1 radical (unpaired) electrons. The fraction of sp³-hybridized carbons (Fsp3) is 1.00. The molecule has 0 aliphatic heterocycles. The Balaban J connectivity index is 4.21. The zero-order chi connectivity index (χ0) is 11.9. The standard InChI is InChI=1S/C8H20BO4P2/c1-7(2)12-15(10,13-8(3)4)6-11-5-9-14/h7-8H,5-6,14H2,1-4H3. The van der Waals surface area contributed by atoms with Crippen molar-refractivity contribution >= 4 is 23.7 Å². The molecule has 0 saturated carbocycles. The Morgan fingerprint density at radius 2 is 1.67 bits per heavy atom. The van der Waals surface area contributed by atoms with Crippen LogP contribution in [0.1, 0.15) is 27.7 Å². The molecule has 0 rings (SSSR count). The first-order valence-electron chi connectivity index (χ1n) is 4.96. The van der Waals surface area contributed by atoms with Gasteiger partial charge in [-0.1, -0.05) is 0 Å². The maximum Gasteiger partial charge on any atom is 0.356 e. The third-order valence-electron chi connectivity index (χ3n) is 1.21. The highest BCUT2D eigenvalue weighted by atomic mass is 31.2. The predicted molar refractivity (Wildman–Crippen MR) is 66.3 cm³/mol. The summed E-state index contributed by atoms with van der Waals surface area (Å²) in [6.45, 7) is 9.44. The minimum Gasteiger partial charge on any atom is -0.377 e. The van der Waals surface area contributed by atoms with E-state index >= 15 is 0 Å². The Morgan fingerprint density at radius 3 is 2.00 bits per heavy atom. The minimum atomic E-state index is -3.11. The van der Waals surface area contributed by atoms with E-state index < -0.39 is 7.60 Å². The Hall–Kier alpha value is 0.605. The summed E-state index contributed by atoms with van der Waals surface area (Å²) in [6.07, 6.45) is -0.287. The van der Waals surface area contributed by atoms with Crippen LogP contribution in [0, 0.1) is 0 Å². The first-order valence-corrected chi connectivity index (χ1v) is 7.36. The lowest BCUT2D eigenvalue weighted by molar-refractivity contribution is 0.111. The minimum absolute atomic E-state index is 0.00569. The summed E-state index contributed by atoms with van der Waals surface area (Å²) in [5.41, 5.74) is 0. The highest BCUT2D eigenvalue weighted by Gasteiger charge is 2.27. The summed E-state index contributed by atoms with van der Waals surface area (Å²) in [7, 11) is -0.696. The Morgan fingerprint density at radius 1 is 1.20 bits per heavy atom. The summed E-state index contributed by atoms with van der Waals surface area (Å²) in [6, 6.07) is 0. The molecule has 0 aromatic heterocycles. The molecule has 0 amide bonds. The first kappa shape index (κ1) is 15.6. The van der Waals surface area contributed by atoms with Crippen molar-refractivity contribution in [1.29, 1.82) is 0 Å². The Bertz CT molecular complexity index is 197. The normalized spacial score (nSPS) is 12.5. The van der Waals surface area contributed by atoms with Gasteiger partial charge in [0.05, 0.1) is 12.2 Å². The van der Waals surface area contributed by atoms with Crippen molar-refractivity contribution in [2.24, 2.45) is 0 Å². The van der Waals surface area contributed by atoms with Crippen molar-refractivity contribution in [1.82, 2.24) is 0 Å². The van der Waals surface area contributed by atoms with Crippen LogP contribution in [0.25, 0.3) is 0 Å². The van der Waals surface area contributed by atoms with Gasteiger partial charge in [0.2, 0.25) is 0 Å². The highest BCUT2D eigenvalue weighted by Crippen LogP contribution is 2.50. The molecule has 0 aromatic carbocycles. The van der Waals surface area contributed by atoms with E-state index in [-0.39, 0.29) is 18.6 Å². The smallest absolute Gasteiger partial charge is 0.356 e. The number of hydrogen-bond acceptors (Lipinski definition) is 4. The second-order valence-electron chi connectivity index (χ2n) is 3.65. The van der Waals surface area contributed by atoms with Crippen molar-refractivity contribution in [3.05, 3.63) is 0 Å². The van der Waals surface area contributed by atoms with Crippen molar-refractivity contribution in [2.75, 3.05) is 12.9 Å². The van der Waals surface area contributed by atoms with Crippen LogP contribution in [0.4, 0.5) is 0 Å². The largest absolute Gasteiger partial charge is 0.377 e. The van der Waals surface area contributed by atoms with E-state index in [4.69, 9.17) is 13.8 Å². The van der Waals surface area contributed by atoms with Crippen LogP contribution in [0.15, 0.2) is 0 Å². The lowest BCUT2D eigenvalue weighted by Gasteiger charge is -2.22. The topological polar surface area (TPSA) is 44.8 Å². The SMILES string of the molecule is CC(C)OP(=O)(COC[B]P)OC(C)C. The molecule has 15 heavy (non-hydrogen) atoms. The average Bonchev–Trinajstić information content (AvgIpc) is 2.00.